The van der Waals surface area contributed by atoms with Crippen molar-refractivity contribution in [1.29, 1.82) is 0 Å². The summed E-state index contributed by atoms with van der Waals surface area (Å²) in [5.41, 5.74) is 12.7. The van der Waals surface area contributed by atoms with Gasteiger partial charge in [-0.2, -0.15) is 0 Å². The van der Waals surface area contributed by atoms with Crippen molar-refractivity contribution in [3.8, 4) is 11.4 Å². The molecule has 0 aromatic heterocycles. The Balaban J connectivity index is 1.36. The van der Waals surface area contributed by atoms with E-state index in [1.54, 1.807) is 6.07 Å². The predicted molar refractivity (Wildman–Crippen MR) is 140 cm³/mol. The maximum atomic E-state index is 13.2. The van der Waals surface area contributed by atoms with E-state index in [0.717, 1.165) is 59.2 Å². The first-order chi connectivity index (χ1) is 17.1. The van der Waals surface area contributed by atoms with E-state index in [2.05, 4.69) is 21.3 Å². The molecule has 8 nitrogen and oxygen atoms in total. The zero-order valence-corrected chi connectivity index (χ0v) is 19.8. The summed E-state index contributed by atoms with van der Waals surface area (Å²) in [5, 5.41) is 15.0. The summed E-state index contributed by atoms with van der Waals surface area (Å²) in [6.45, 7) is 3.91. The molecular weight excluding hydrogens is 438 g/mol. The number of carbonyl (C=O) groups excluding carboxylic acids is 1. The third kappa shape index (κ3) is 4.08. The molecular formula is C27H30N7O-. The summed E-state index contributed by atoms with van der Waals surface area (Å²) in [5.74, 6) is 0.913. The second kappa shape index (κ2) is 8.85. The molecule has 0 saturated carbocycles. The van der Waals surface area contributed by atoms with Crippen molar-refractivity contribution in [1.82, 2.24) is 19.8 Å². The molecule has 0 spiro atoms. The van der Waals surface area contributed by atoms with Gasteiger partial charge in [0.05, 0.1) is 11.4 Å². The fourth-order valence-corrected chi connectivity index (χ4v) is 5.52. The van der Waals surface area contributed by atoms with Crippen LogP contribution < -0.4 is 11.1 Å². The number of likely N-dealkylation sites (tertiary alicyclic amines) is 1. The first kappa shape index (κ1) is 21.9. The highest BCUT2D eigenvalue weighted by atomic mass is 16.2. The molecule has 5 heterocycles. The van der Waals surface area contributed by atoms with Crippen molar-refractivity contribution in [2.45, 2.75) is 32.1 Å². The van der Waals surface area contributed by atoms with E-state index in [0.29, 0.717) is 37.2 Å². The molecule has 5 aliphatic heterocycles. The Morgan fingerprint density at radius 3 is 2.77 bits per heavy atom. The fraction of sp³-hybridized carbons (Fsp3) is 0.370. The Morgan fingerprint density at radius 1 is 1.06 bits per heavy atom. The number of H-pyrrole nitrogens is 1. The summed E-state index contributed by atoms with van der Waals surface area (Å²) >= 11 is 0. The summed E-state index contributed by atoms with van der Waals surface area (Å²) in [6, 6.07) is 9.61. The molecule has 0 radical (unpaired) electrons. The van der Waals surface area contributed by atoms with Gasteiger partial charge in [0.2, 0.25) is 5.91 Å². The molecule has 4 N–H and O–H groups in total. The summed E-state index contributed by atoms with van der Waals surface area (Å²) in [7, 11) is 0. The molecule has 5 aliphatic rings. The van der Waals surface area contributed by atoms with Crippen LogP contribution >= 0.6 is 0 Å². The Labute approximate surface area is 205 Å². The number of nitrogens with two attached hydrogens (primary N) is 1. The molecule has 4 bridgehead atoms. The van der Waals surface area contributed by atoms with E-state index in [-0.39, 0.29) is 11.6 Å². The van der Waals surface area contributed by atoms with Crippen LogP contribution in [0.25, 0.3) is 22.4 Å². The first-order valence-electron chi connectivity index (χ1n) is 12.5. The fourth-order valence-electron chi connectivity index (χ4n) is 5.52. The van der Waals surface area contributed by atoms with E-state index in [4.69, 9.17) is 10.7 Å². The van der Waals surface area contributed by atoms with E-state index < -0.39 is 0 Å². The lowest BCUT2D eigenvalue weighted by Crippen LogP contribution is -2.40. The van der Waals surface area contributed by atoms with Gasteiger partial charge < -0.3 is 31.2 Å². The van der Waals surface area contributed by atoms with E-state index >= 15 is 0 Å². The number of fused-ring (bicyclic) bond motifs is 4. The van der Waals surface area contributed by atoms with Crippen molar-refractivity contribution in [3.05, 3.63) is 58.8 Å². The number of nitrogens with zero attached hydrogens (tertiary/aromatic N) is 4. The molecule has 0 atom stereocenters. The molecule has 1 aromatic carbocycles. The number of nitrogens with one attached hydrogen (secondary N) is 2. The van der Waals surface area contributed by atoms with Crippen LogP contribution in [0, 0.1) is 0 Å². The second-order valence-corrected chi connectivity index (χ2v) is 9.75. The van der Waals surface area contributed by atoms with E-state index in [9.17, 15) is 10.2 Å². The average Bonchev–Trinajstić information content (AvgIpc) is 3.33. The van der Waals surface area contributed by atoms with Crippen LogP contribution in [0.3, 0.4) is 0 Å². The Kier molecular flexibility index (Phi) is 5.53. The molecule has 0 aliphatic carbocycles. The van der Waals surface area contributed by atoms with Crippen LogP contribution in [-0.4, -0.2) is 64.1 Å². The minimum absolute atomic E-state index is 0.116. The smallest absolute Gasteiger partial charge is 0.224 e. The zero-order chi connectivity index (χ0) is 23.9. The van der Waals surface area contributed by atoms with Gasteiger partial charge in [-0.1, -0.05) is 6.42 Å². The van der Waals surface area contributed by atoms with Crippen molar-refractivity contribution in [2.24, 2.45) is 0 Å². The SMILES string of the molecule is [N-]=C1C2=C(CCN(C(=O)CCN3CCCCC3)C2)c2cc3c(cc[nH]c-3n2)Nc2ccc(N)c1c2. The summed E-state index contributed by atoms with van der Waals surface area (Å²) < 4.78 is 0. The van der Waals surface area contributed by atoms with Gasteiger partial charge in [-0.25, -0.2) is 4.98 Å². The molecule has 8 heteroatoms. The summed E-state index contributed by atoms with van der Waals surface area (Å²) in [4.78, 5) is 25.5. The van der Waals surface area contributed by atoms with Crippen LogP contribution in [-0.2, 0) is 4.79 Å². The van der Waals surface area contributed by atoms with Gasteiger partial charge in [0.1, 0.15) is 5.82 Å². The van der Waals surface area contributed by atoms with Crippen LogP contribution in [0.5, 0.6) is 0 Å². The third-order valence-corrected chi connectivity index (χ3v) is 7.50. The molecule has 0 unspecified atom stereocenters. The number of hydrogen-bond acceptors (Lipinski definition) is 5. The number of pyridine rings is 1. The Bertz CT molecular complexity index is 1300. The van der Waals surface area contributed by atoms with Crippen molar-refractivity contribution < 1.29 is 4.79 Å². The number of anilines is 3. The van der Waals surface area contributed by atoms with Crippen LogP contribution in [0.1, 0.15) is 43.4 Å². The second-order valence-electron chi connectivity index (χ2n) is 9.75. The highest BCUT2D eigenvalue weighted by Gasteiger charge is 2.28. The number of nitrogen functional groups attached to an aromatic ring is 1. The number of piperidine rings is 1. The van der Waals surface area contributed by atoms with Gasteiger partial charge in [0.15, 0.2) is 0 Å². The number of benzene rings is 1. The van der Waals surface area contributed by atoms with Gasteiger partial charge in [-0.15, -0.1) is 5.71 Å². The van der Waals surface area contributed by atoms with Crippen LogP contribution in [0.15, 0.2) is 42.1 Å². The standard InChI is InChI=1S/C27H30N7O/c28-22-5-4-17-14-19(22)26(29)21-16-34(25(35)8-12-33-10-2-1-3-11-33)13-7-18(21)24-15-20-23(31-17)6-9-30-27(20)32-24/h4-6,9,14-15,31H,1-3,7-8,10-13,16,28H2,(H,30,32)/q-1. The first-order valence-corrected chi connectivity index (χ1v) is 12.5. The molecule has 35 heavy (non-hydrogen) atoms. The maximum Gasteiger partial charge on any atom is 0.224 e. The zero-order valence-electron chi connectivity index (χ0n) is 19.8. The van der Waals surface area contributed by atoms with Gasteiger partial charge in [0, 0.05) is 49.2 Å². The van der Waals surface area contributed by atoms with Gasteiger partial charge >= 0.3 is 0 Å². The minimum Gasteiger partial charge on any atom is -0.803 e. The molecule has 1 saturated heterocycles. The third-order valence-electron chi connectivity index (χ3n) is 7.50. The largest absolute Gasteiger partial charge is 0.803 e. The maximum absolute atomic E-state index is 13.2. The minimum atomic E-state index is 0.116. The Morgan fingerprint density at radius 2 is 1.91 bits per heavy atom. The number of carbonyl (C=O) groups is 1. The number of aromatic nitrogens is 2. The highest BCUT2D eigenvalue weighted by Crippen LogP contribution is 2.38. The quantitative estimate of drug-likeness (QED) is 0.502. The van der Waals surface area contributed by atoms with Crippen LogP contribution in [0.2, 0.25) is 0 Å². The van der Waals surface area contributed by atoms with Crippen molar-refractivity contribution in [2.75, 3.05) is 43.8 Å². The molecule has 1 fully saturated rings. The van der Waals surface area contributed by atoms with Crippen molar-refractivity contribution in [3.63, 3.8) is 0 Å². The number of aromatic amines is 1. The highest BCUT2D eigenvalue weighted by molar-refractivity contribution is 6.21. The average molecular weight is 469 g/mol. The molecule has 180 valence electrons. The molecule has 1 amide bonds. The van der Waals surface area contributed by atoms with Gasteiger partial charge in [-0.05, 0) is 79.4 Å². The number of rotatable bonds is 3. The van der Waals surface area contributed by atoms with E-state index in [1.807, 2.05) is 29.3 Å². The molecule has 1 aromatic rings. The normalized spacial score (nSPS) is 18.4. The lowest BCUT2D eigenvalue weighted by atomic mass is 9.90. The van der Waals surface area contributed by atoms with Gasteiger partial charge in [0.25, 0.3) is 0 Å². The van der Waals surface area contributed by atoms with E-state index in [1.165, 1.54) is 19.3 Å². The Hall–Kier alpha value is -3.65. The number of hydrogen-bond donors (Lipinski definition) is 3. The topological polar surface area (TPSA) is 113 Å². The van der Waals surface area contributed by atoms with Gasteiger partial charge in [-0.3, -0.25) is 4.79 Å². The van der Waals surface area contributed by atoms with Crippen molar-refractivity contribution >= 4 is 34.3 Å². The monoisotopic (exact) mass is 468 g/mol. The summed E-state index contributed by atoms with van der Waals surface area (Å²) in [6.07, 6.45) is 6.71. The lowest BCUT2D eigenvalue weighted by molar-refractivity contribution is -0.131. The lowest BCUT2D eigenvalue weighted by Gasteiger charge is -2.35. The van der Waals surface area contributed by atoms with Crippen LogP contribution in [0.4, 0.5) is 17.1 Å². The predicted octanol–water partition coefficient (Wildman–Crippen LogP) is 4.07. The molecule has 6 rings (SSSR count). The number of amides is 1.